The van der Waals surface area contributed by atoms with Gasteiger partial charge in [-0.1, -0.05) is 39.3 Å². The van der Waals surface area contributed by atoms with Crippen LogP contribution in [0.15, 0.2) is 5.16 Å². The van der Waals surface area contributed by atoms with Gasteiger partial charge in [0.2, 0.25) is 6.29 Å². The number of unbranched alkanes of at least 4 members (excludes halogenated alkanes) is 1. The van der Waals surface area contributed by atoms with E-state index in [0.29, 0.717) is 0 Å². The second-order valence-corrected chi connectivity index (χ2v) is 4.75. The van der Waals surface area contributed by atoms with Crippen molar-refractivity contribution in [3.05, 3.63) is 0 Å². The third-order valence-electron chi connectivity index (χ3n) is 2.31. The van der Waals surface area contributed by atoms with Gasteiger partial charge in [0.25, 0.3) is 0 Å². The Morgan fingerprint density at radius 1 is 1.50 bits per heavy atom. The van der Waals surface area contributed by atoms with Crippen molar-refractivity contribution < 1.29 is 9.57 Å². The van der Waals surface area contributed by atoms with Crippen LogP contribution in [0.1, 0.15) is 47.0 Å². The fourth-order valence-corrected chi connectivity index (χ4v) is 1.25. The van der Waals surface area contributed by atoms with Crippen LogP contribution in [-0.4, -0.2) is 18.6 Å². The summed E-state index contributed by atoms with van der Waals surface area (Å²) in [5, 5.41) is 4.06. The highest BCUT2D eigenvalue weighted by Crippen LogP contribution is 2.25. The highest BCUT2D eigenvalue weighted by Gasteiger charge is 2.29. The summed E-state index contributed by atoms with van der Waals surface area (Å²) in [5.74, 6) is 0. The van der Waals surface area contributed by atoms with Gasteiger partial charge >= 0.3 is 0 Å². The summed E-state index contributed by atoms with van der Waals surface area (Å²) in [7, 11) is 0. The molecule has 1 aliphatic rings. The lowest BCUT2D eigenvalue weighted by Gasteiger charge is -2.16. The summed E-state index contributed by atoms with van der Waals surface area (Å²) in [4.78, 5) is 5.20. The van der Waals surface area contributed by atoms with E-state index >= 15 is 0 Å². The molecule has 0 aliphatic carbocycles. The predicted octanol–water partition coefficient (Wildman–Crippen LogP) is 2.95. The molecule has 0 spiro atoms. The SMILES string of the molecule is CCCCOC1CC(C(C)(C)C)=NO1. The zero-order chi connectivity index (χ0) is 10.6. The lowest BCUT2D eigenvalue weighted by Crippen LogP contribution is -2.21. The van der Waals surface area contributed by atoms with E-state index in [0.717, 1.165) is 31.6 Å². The Balaban J connectivity index is 2.25. The van der Waals surface area contributed by atoms with E-state index < -0.39 is 0 Å². The number of oxime groups is 1. The van der Waals surface area contributed by atoms with E-state index in [1.54, 1.807) is 0 Å². The summed E-state index contributed by atoms with van der Waals surface area (Å²) in [5.41, 5.74) is 1.20. The molecule has 1 atom stereocenters. The van der Waals surface area contributed by atoms with E-state index in [1.165, 1.54) is 0 Å². The molecule has 0 amide bonds. The maximum absolute atomic E-state index is 5.53. The number of nitrogens with zero attached hydrogens (tertiary/aromatic N) is 1. The van der Waals surface area contributed by atoms with Crippen LogP contribution in [0.4, 0.5) is 0 Å². The molecule has 14 heavy (non-hydrogen) atoms. The topological polar surface area (TPSA) is 30.8 Å². The standard InChI is InChI=1S/C11H21NO2/c1-5-6-7-13-10-8-9(12-14-10)11(2,3)4/h10H,5-8H2,1-4H3. The van der Waals surface area contributed by atoms with Crippen molar-refractivity contribution in [2.24, 2.45) is 10.6 Å². The Kier molecular flexibility index (Phi) is 3.93. The minimum absolute atomic E-state index is 0.100. The molecular formula is C11H21NO2. The third kappa shape index (κ3) is 3.29. The highest BCUT2D eigenvalue weighted by molar-refractivity contribution is 5.89. The van der Waals surface area contributed by atoms with Crippen molar-refractivity contribution in [2.75, 3.05) is 6.61 Å². The van der Waals surface area contributed by atoms with Crippen LogP contribution in [0.3, 0.4) is 0 Å². The maximum atomic E-state index is 5.53. The van der Waals surface area contributed by atoms with Gasteiger partial charge < -0.3 is 9.57 Å². The maximum Gasteiger partial charge on any atom is 0.232 e. The van der Waals surface area contributed by atoms with Gasteiger partial charge in [0.15, 0.2) is 0 Å². The molecule has 0 bridgehead atoms. The molecule has 0 fully saturated rings. The van der Waals surface area contributed by atoms with Gasteiger partial charge in [-0.15, -0.1) is 0 Å². The minimum atomic E-state index is -0.143. The molecule has 0 radical (unpaired) electrons. The quantitative estimate of drug-likeness (QED) is 0.652. The van der Waals surface area contributed by atoms with Crippen molar-refractivity contribution in [3.8, 4) is 0 Å². The van der Waals surface area contributed by atoms with E-state index in [9.17, 15) is 0 Å². The summed E-state index contributed by atoms with van der Waals surface area (Å²) >= 11 is 0. The first-order valence-electron chi connectivity index (χ1n) is 5.39. The zero-order valence-corrected chi connectivity index (χ0v) is 9.67. The van der Waals surface area contributed by atoms with Crippen molar-refractivity contribution in [1.29, 1.82) is 0 Å². The van der Waals surface area contributed by atoms with Crippen LogP contribution < -0.4 is 0 Å². The molecule has 0 saturated carbocycles. The van der Waals surface area contributed by atoms with Gasteiger partial charge in [-0.3, -0.25) is 0 Å². The monoisotopic (exact) mass is 199 g/mol. The van der Waals surface area contributed by atoms with Crippen molar-refractivity contribution in [1.82, 2.24) is 0 Å². The second kappa shape index (κ2) is 4.78. The fraction of sp³-hybridized carbons (Fsp3) is 0.909. The van der Waals surface area contributed by atoms with Gasteiger partial charge in [0, 0.05) is 5.41 Å². The van der Waals surface area contributed by atoms with Crippen molar-refractivity contribution in [2.45, 2.75) is 53.2 Å². The van der Waals surface area contributed by atoms with E-state index in [2.05, 4.69) is 32.9 Å². The third-order valence-corrected chi connectivity index (χ3v) is 2.31. The van der Waals surface area contributed by atoms with Crippen LogP contribution in [-0.2, 0) is 9.57 Å². The average molecular weight is 199 g/mol. The first-order chi connectivity index (χ1) is 6.54. The summed E-state index contributed by atoms with van der Waals surface area (Å²) in [6.45, 7) is 9.35. The molecule has 1 unspecified atom stereocenters. The van der Waals surface area contributed by atoms with E-state index in [-0.39, 0.29) is 11.7 Å². The zero-order valence-electron chi connectivity index (χ0n) is 9.67. The molecule has 0 aromatic heterocycles. The first kappa shape index (κ1) is 11.5. The lowest BCUT2D eigenvalue weighted by molar-refractivity contribution is -0.124. The number of rotatable bonds is 4. The predicted molar refractivity (Wildman–Crippen MR) is 57.2 cm³/mol. The Hall–Kier alpha value is -0.570. The molecule has 0 saturated heterocycles. The molecule has 1 aliphatic heterocycles. The molecule has 82 valence electrons. The average Bonchev–Trinajstić information content (AvgIpc) is 2.52. The highest BCUT2D eigenvalue weighted by atomic mass is 16.8. The Morgan fingerprint density at radius 3 is 2.71 bits per heavy atom. The van der Waals surface area contributed by atoms with Gasteiger partial charge in [-0.2, -0.15) is 0 Å². The molecule has 0 aromatic carbocycles. The summed E-state index contributed by atoms with van der Waals surface area (Å²) in [6, 6.07) is 0. The summed E-state index contributed by atoms with van der Waals surface area (Å²) in [6.07, 6.45) is 2.91. The van der Waals surface area contributed by atoms with Crippen LogP contribution in [0.25, 0.3) is 0 Å². The van der Waals surface area contributed by atoms with Crippen molar-refractivity contribution >= 4 is 5.71 Å². The number of hydrogen-bond donors (Lipinski definition) is 0. The van der Waals surface area contributed by atoms with Gasteiger partial charge in [0.1, 0.15) is 0 Å². The first-order valence-corrected chi connectivity index (χ1v) is 5.39. The van der Waals surface area contributed by atoms with Crippen LogP contribution in [0.5, 0.6) is 0 Å². The number of hydrogen-bond acceptors (Lipinski definition) is 3. The van der Waals surface area contributed by atoms with Gasteiger partial charge in [0.05, 0.1) is 18.7 Å². The molecule has 1 heterocycles. The Bertz CT molecular complexity index is 206. The molecule has 1 rings (SSSR count). The van der Waals surface area contributed by atoms with Crippen LogP contribution >= 0.6 is 0 Å². The normalized spacial score (nSPS) is 22.0. The Morgan fingerprint density at radius 2 is 2.21 bits per heavy atom. The molecule has 0 N–H and O–H groups in total. The van der Waals surface area contributed by atoms with E-state index in [4.69, 9.17) is 9.57 Å². The van der Waals surface area contributed by atoms with Crippen molar-refractivity contribution in [3.63, 3.8) is 0 Å². The largest absolute Gasteiger partial charge is 0.363 e. The molecule has 3 nitrogen and oxygen atoms in total. The van der Waals surface area contributed by atoms with Gasteiger partial charge in [-0.25, -0.2) is 0 Å². The van der Waals surface area contributed by atoms with Crippen LogP contribution in [0.2, 0.25) is 0 Å². The minimum Gasteiger partial charge on any atom is -0.363 e. The fourth-order valence-electron chi connectivity index (χ4n) is 1.25. The molecule has 3 heteroatoms. The number of ether oxygens (including phenoxy) is 1. The lowest BCUT2D eigenvalue weighted by atomic mass is 9.88. The second-order valence-electron chi connectivity index (χ2n) is 4.75. The molecule has 0 aromatic rings. The van der Waals surface area contributed by atoms with Gasteiger partial charge in [-0.05, 0) is 6.42 Å². The smallest absolute Gasteiger partial charge is 0.232 e. The van der Waals surface area contributed by atoms with E-state index in [1.807, 2.05) is 0 Å². The molecular weight excluding hydrogens is 178 g/mol. The van der Waals surface area contributed by atoms with Crippen LogP contribution in [0, 0.1) is 5.41 Å². The Labute approximate surface area is 86.5 Å². The summed E-state index contributed by atoms with van der Waals surface area (Å²) < 4.78 is 5.53.